The van der Waals surface area contributed by atoms with Gasteiger partial charge in [0.15, 0.2) is 0 Å². The number of ether oxygens (including phenoxy) is 3. The van der Waals surface area contributed by atoms with Gasteiger partial charge in [-0.3, -0.25) is 9.59 Å². The molecule has 0 spiro atoms. The van der Waals surface area contributed by atoms with Gasteiger partial charge in [-0.05, 0) is 55.3 Å². The van der Waals surface area contributed by atoms with Crippen molar-refractivity contribution in [1.29, 1.82) is 0 Å². The second-order valence-corrected chi connectivity index (χ2v) is 6.17. The molecule has 0 aromatic heterocycles. The van der Waals surface area contributed by atoms with Crippen LogP contribution >= 0.6 is 0 Å². The summed E-state index contributed by atoms with van der Waals surface area (Å²) >= 11 is 0. The molecule has 0 fully saturated rings. The lowest BCUT2D eigenvalue weighted by Gasteiger charge is -2.23. The van der Waals surface area contributed by atoms with E-state index < -0.39 is 0 Å². The number of esters is 1. The molecule has 1 amide bonds. The fourth-order valence-electron chi connectivity index (χ4n) is 2.75. The molecule has 2 aromatic rings. The van der Waals surface area contributed by atoms with Gasteiger partial charge in [-0.25, -0.2) is 0 Å². The third kappa shape index (κ3) is 6.30. The van der Waals surface area contributed by atoms with Gasteiger partial charge in [0.1, 0.15) is 11.5 Å². The van der Waals surface area contributed by atoms with Crippen LogP contribution in [0.1, 0.15) is 29.3 Å². The van der Waals surface area contributed by atoms with E-state index in [1.165, 1.54) is 0 Å². The molecule has 6 heteroatoms. The number of carbonyl (C=O) groups is 2. The molecule has 150 valence electrons. The highest BCUT2D eigenvalue weighted by molar-refractivity contribution is 5.94. The van der Waals surface area contributed by atoms with E-state index in [2.05, 4.69) is 0 Å². The lowest BCUT2D eigenvalue weighted by molar-refractivity contribution is -0.143. The van der Waals surface area contributed by atoms with Crippen LogP contribution in [0.2, 0.25) is 0 Å². The average Bonchev–Trinajstić information content (AvgIpc) is 2.74. The Labute approximate surface area is 166 Å². The third-order valence-corrected chi connectivity index (χ3v) is 4.34. The molecular formula is C22H27NO5. The molecule has 0 aliphatic carbocycles. The maximum atomic E-state index is 12.9. The van der Waals surface area contributed by atoms with Gasteiger partial charge >= 0.3 is 5.97 Å². The van der Waals surface area contributed by atoms with Crippen LogP contribution in [0.3, 0.4) is 0 Å². The first kappa shape index (κ1) is 21.3. The lowest BCUT2D eigenvalue weighted by atomic mass is 10.1. The van der Waals surface area contributed by atoms with Gasteiger partial charge in [0.2, 0.25) is 0 Å². The molecule has 0 radical (unpaired) electrons. The second kappa shape index (κ2) is 11.0. The van der Waals surface area contributed by atoms with Gasteiger partial charge in [-0.2, -0.15) is 0 Å². The molecule has 0 unspecified atom stereocenters. The van der Waals surface area contributed by atoms with E-state index in [1.54, 1.807) is 50.3 Å². The Balaban J connectivity index is 2.07. The van der Waals surface area contributed by atoms with Crippen LogP contribution in [-0.4, -0.2) is 50.7 Å². The predicted molar refractivity (Wildman–Crippen MR) is 107 cm³/mol. The first-order valence-electron chi connectivity index (χ1n) is 9.29. The molecular weight excluding hydrogens is 358 g/mol. The van der Waals surface area contributed by atoms with Crippen molar-refractivity contribution in [3.63, 3.8) is 0 Å². The Morgan fingerprint density at radius 3 is 1.96 bits per heavy atom. The van der Waals surface area contributed by atoms with Crippen LogP contribution in [-0.2, 0) is 16.0 Å². The summed E-state index contributed by atoms with van der Waals surface area (Å²) in [6.45, 7) is 2.90. The lowest BCUT2D eigenvalue weighted by Crippen LogP contribution is -2.35. The van der Waals surface area contributed by atoms with E-state index in [1.807, 2.05) is 24.3 Å². The van der Waals surface area contributed by atoms with Crippen LogP contribution in [0.5, 0.6) is 11.5 Å². The van der Waals surface area contributed by atoms with E-state index in [0.717, 1.165) is 11.3 Å². The third-order valence-electron chi connectivity index (χ3n) is 4.34. The summed E-state index contributed by atoms with van der Waals surface area (Å²) in [5.74, 6) is 1.05. The molecule has 0 saturated heterocycles. The van der Waals surface area contributed by atoms with Gasteiger partial charge in [-0.15, -0.1) is 0 Å². The fourth-order valence-corrected chi connectivity index (χ4v) is 2.75. The van der Waals surface area contributed by atoms with Crippen LogP contribution in [0.4, 0.5) is 0 Å². The van der Waals surface area contributed by atoms with Gasteiger partial charge in [0.05, 0.1) is 27.2 Å². The van der Waals surface area contributed by atoms with Crippen molar-refractivity contribution in [2.24, 2.45) is 0 Å². The van der Waals surface area contributed by atoms with Gasteiger partial charge in [0, 0.05) is 18.7 Å². The summed E-state index contributed by atoms with van der Waals surface area (Å²) in [7, 11) is 3.21. The smallest absolute Gasteiger partial charge is 0.307 e. The minimum atomic E-state index is -0.306. The number of hydrogen-bond acceptors (Lipinski definition) is 5. The first-order chi connectivity index (χ1) is 13.6. The highest BCUT2D eigenvalue weighted by atomic mass is 16.5. The fraction of sp³-hybridized carbons (Fsp3) is 0.364. The number of benzene rings is 2. The highest BCUT2D eigenvalue weighted by Crippen LogP contribution is 2.15. The molecule has 0 N–H and O–H groups in total. The normalized spacial score (nSPS) is 10.2. The number of hydrogen-bond donors (Lipinski definition) is 0. The quantitative estimate of drug-likeness (QED) is 0.587. The van der Waals surface area contributed by atoms with E-state index in [-0.39, 0.29) is 18.3 Å². The second-order valence-electron chi connectivity index (χ2n) is 6.17. The van der Waals surface area contributed by atoms with Crippen molar-refractivity contribution < 1.29 is 23.8 Å². The minimum absolute atomic E-state index is 0.125. The number of nitrogens with zero attached hydrogens (tertiary/aromatic N) is 1. The zero-order valence-corrected chi connectivity index (χ0v) is 16.6. The Morgan fingerprint density at radius 2 is 1.43 bits per heavy atom. The number of methoxy groups -OCH3 is 2. The molecule has 0 aliphatic rings. The molecule has 28 heavy (non-hydrogen) atoms. The number of amides is 1. The molecule has 2 rings (SSSR count). The first-order valence-corrected chi connectivity index (χ1v) is 9.29. The number of rotatable bonds is 10. The molecule has 2 aromatic carbocycles. The Kier molecular flexibility index (Phi) is 8.34. The maximum Gasteiger partial charge on any atom is 0.307 e. The standard InChI is InChI=1S/C22H27NO5/c1-4-28-21(24)14-16-23(15-13-17-5-9-19(26-2)10-6-17)22(25)18-7-11-20(27-3)12-8-18/h5-12H,4,13-16H2,1-3H3. The summed E-state index contributed by atoms with van der Waals surface area (Å²) in [4.78, 5) is 26.4. The molecule has 0 atom stereocenters. The summed E-state index contributed by atoms with van der Waals surface area (Å²) in [5.41, 5.74) is 1.64. The summed E-state index contributed by atoms with van der Waals surface area (Å²) < 4.78 is 15.3. The maximum absolute atomic E-state index is 12.9. The molecule has 6 nitrogen and oxygen atoms in total. The predicted octanol–water partition coefficient (Wildman–Crippen LogP) is 3.34. The minimum Gasteiger partial charge on any atom is -0.497 e. The van der Waals surface area contributed by atoms with Crippen molar-refractivity contribution in [2.45, 2.75) is 19.8 Å². The van der Waals surface area contributed by atoms with E-state index in [9.17, 15) is 9.59 Å². The van der Waals surface area contributed by atoms with Crippen molar-refractivity contribution in [3.05, 3.63) is 59.7 Å². The van der Waals surface area contributed by atoms with Crippen LogP contribution in [0.15, 0.2) is 48.5 Å². The van der Waals surface area contributed by atoms with Crippen molar-refractivity contribution >= 4 is 11.9 Å². The SMILES string of the molecule is CCOC(=O)CCN(CCc1ccc(OC)cc1)C(=O)c1ccc(OC)cc1. The zero-order valence-electron chi connectivity index (χ0n) is 16.6. The van der Waals surface area contributed by atoms with Gasteiger partial charge < -0.3 is 19.1 Å². The van der Waals surface area contributed by atoms with Gasteiger partial charge in [0.25, 0.3) is 5.91 Å². The average molecular weight is 385 g/mol. The topological polar surface area (TPSA) is 65.1 Å². The van der Waals surface area contributed by atoms with E-state index in [0.29, 0.717) is 37.4 Å². The van der Waals surface area contributed by atoms with Crippen molar-refractivity contribution in [3.8, 4) is 11.5 Å². The highest BCUT2D eigenvalue weighted by Gasteiger charge is 2.17. The van der Waals surface area contributed by atoms with Crippen molar-refractivity contribution in [1.82, 2.24) is 4.90 Å². The van der Waals surface area contributed by atoms with Crippen LogP contribution in [0, 0.1) is 0 Å². The largest absolute Gasteiger partial charge is 0.497 e. The molecule has 0 heterocycles. The number of carbonyl (C=O) groups excluding carboxylic acids is 2. The molecule has 0 saturated carbocycles. The monoisotopic (exact) mass is 385 g/mol. The molecule has 0 aliphatic heterocycles. The Morgan fingerprint density at radius 1 is 0.857 bits per heavy atom. The van der Waals surface area contributed by atoms with Gasteiger partial charge in [-0.1, -0.05) is 12.1 Å². The summed E-state index contributed by atoms with van der Waals surface area (Å²) in [6.07, 6.45) is 0.840. The van der Waals surface area contributed by atoms with Crippen LogP contribution in [0.25, 0.3) is 0 Å². The van der Waals surface area contributed by atoms with E-state index >= 15 is 0 Å². The zero-order chi connectivity index (χ0) is 20.4. The molecule has 0 bridgehead atoms. The Hall–Kier alpha value is -3.02. The van der Waals surface area contributed by atoms with Crippen molar-refractivity contribution in [2.75, 3.05) is 33.9 Å². The van der Waals surface area contributed by atoms with E-state index in [4.69, 9.17) is 14.2 Å². The van der Waals surface area contributed by atoms with Crippen LogP contribution < -0.4 is 9.47 Å². The summed E-state index contributed by atoms with van der Waals surface area (Å²) in [6, 6.07) is 14.7. The Bertz CT molecular complexity index is 756. The summed E-state index contributed by atoms with van der Waals surface area (Å²) in [5, 5.41) is 0.